The molecule has 0 spiro atoms. The Morgan fingerprint density at radius 3 is 2.79 bits per heavy atom. The fourth-order valence-corrected chi connectivity index (χ4v) is 3.10. The zero-order valence-electron chi connectivity index (χ0n) is 13.4. The number of likely N-dealkylation sites (tertiary alicyclic amines) is 1. The monoisotopic (exact) mass is 352 g/mol. The molecular weight excluding hydrogens is 332 g/mol. The first kappa shape index (κ1) is 18.2. The Bertz CT molecular complexity index is 874. The average Bonchev–Trinajstić information content (AvgIpc) is 2.55. The lowest BCUT2D eigenvalue weighted by molar-refractivity contribution is 0.0709. The van der Waals surface area contributed by atoms with Crippen LogP contribution >= 0.6 is 12.4 Å². The van der Waals surface area contributed by atoms with Gasteiger partial charge >= 0.3 is 11.1 Å². The molecule has 3 rings (SSSR count). The second-order valence-electron chi connectivity index (χ2n) is 5.89. The van der Waals surface area contributed by atoms with Crippen LogP contribution in [0, 0.1) is 0 Å². The van der Waals surface area contributed by atoms with Crippen LogP contribution in [0.3, 0.4) is 0 Å². The van der Waals surface area contributed by atoms with Crippen molar-refractivity contribution in [1.82, 2.24) is 14.5 Å². The number of carbonyl (C=O) groups excluding carboxylic acids is 1. The minimum absolute atomic E-state index is 0. The molecule has 0 bridgehead atoms. The highest BCUT2D eigenvalue weighted by Gasteiger charge is 2.22. The zero-order chi connectivity index (χ0) is 16.6. The molecule has 1 aliphatic rings. The number of H-pyrrole nitrogens is 1. The first-order chi connectivity index (χ1) is 11.0. The molecular formula is C16H21ClN4O3. The van der Waals surface area contributed by atoms with E-state index in [1.807, 2.05) is 0 Å². The van der Waals surface area contributed by atoms with Crippen LogP contribution in [0.2, 0.25) is 0 Å². The van der Waals surface area contributed by atoms with Crippen LogP contribution in [-0.4, -0.2) is 39.5 Å². The molecule has 0 saturated carbocycles. The number of fused-ring (bicyclic) bond motifs is 1. The van der Waals surface area contributed by atoms with Crippen molar-refractivity contribution in [2.45, 2.75) is 32.4 Å². The molecule has 1 aromatic carbocycles. The summed E-state index contributed by atoms with van der Waals surface area (Å²) in [4.78, 5) is 40.5. The molecule has 2 aromatic rings. The number of aryl methyl sites for hydroxylation is 1. The summed E-state index contributed by atoms with van der Waals surface area (Å²) in [5.41, 5.74) is 6.26. The Hall–Kier alpha value is -2.12. The zero-order valence-corrected chi connectivity index (χ0v) is 14.3. The minimum Gasteiger partial charge on any atom is -0.337 e. The summed E-state index contributed by atoms with van der Waals surface area (Å²) >= 11 is 0. The number of hydrogen-bond donors (Lipinski definition) is 2. The highest BCUT2D eigenvalue weighted by Crippen LogP contribution is 2.16. The van der Waals surface area contributed by atoms with Gasteiger partial charge in [-0.25, -0.2) is 0 Å². The van der Waals surface area contributed by atoms with E-state index in [-0.39, 0.29) is 24.4 Å². The third-order valence-corrected chi connectivity index (χ3v) is 4.28. The van der Waals surface area contributed by atoms with Crippen molar-refractivity contribution in [2.24, 2.45) is 5.73 Å². The maximum Gasteiger partial charge on any atom is 0.316 e. The minimum atomic E-state index is -0.677. The smallest absolute Gasteiger partial charge is 0.316 e. The molecule has 8 heteroatoms. The molecule has 2 heterocycles. The van der Waals surface area contributed by atoms with Gasteiger partial charge in [0, 0.05) is 31.2 Å². The van der Waals surface area contributed by atoms with Gasteiger partial charge in [0.1, 0.15) is 0 Å². The van der Waals surface area contributed by atoms with Crippen molar-refractivity contribution in [1.29, 1.82) is 0 Å². The topological polar surface area (TPSA) is 101 Å². The molecule has 7 nitrogen and oxygen atoms in total. The summed E-state index contributed by atoms with van der Waals surface area (Å²) in [6.07, 6.45) is 1.82. The summed E-state index contributed by atoms with van der Waals surface area (Å²) in [6, 6.07) is 5.03. The number of nitrogens with zero attached hydrogens (tertiary/aromatic N) is 2. The van der Waals surface area contributed by atoms with Gasteiger partial charge in [-0.3, -0.25) is 14.4 Å². The van der Waals surface area contributed by atoms with E-state index in [4.69, 9.17) is 5.73 Å². The quantitative estimate of drug-likeness (QED) is 0.776. The number of aromatic amines is 1. The molecule has 1 unspecified atom stereocenters. The molecule has 0 aliphatic carbocycles. The standard InChI is InChI=1S/C16H20N4O3.ClH/c1-2-20-13-6-5-10(8-12(13)18-14(21)16(20)23)15(22)19-7-3-4-11(17)9-19;/h5-6,8,11H,2-4,7,9,17H2,1H3,(H,18,21);1H. The number of halogens is 1. The second-order valence-corrected chi connectivity index (χ2v) is 5.89. The summed E-state index contributed by atoms with van der Waals surface area (Å²) in [5, 5.41) is 0. The van der Waals surface area contributed by atoms with Gasteiger partial charge in [-0.1, -0.05) is 0 Å². The molecule has 1 saturated heterocycles. The summed E-state index contributed by atoms with van der Waals surface area (Å²) < 4.78 is 1.40. The number of hydrogen-bond acceptors (Lipinski definition) is 4. The summed E-state index contributed by atoms with van der Waals surface area (Å²) in [6.45, 7) is 3.43. The van der Waals surface area contributed by atoms with E-state index in [0.717, 1.165) is 12.8 Å². The maximum atomic E-state index is 12.6. The van der Waals surface area contributed by atoms with E-state index < -0.39 is 11.1 Å². The van der Waals surface area contributed by atoms with E-state index >= 15 is 0 Å². The lowest BCUT2D eigenvalue weighted by Crippen LogP contribution is -2.45. The number of amides is 1. The number of nitrogens with one attached hydrogen (secondary N) is 1. The van der Waals surface area contributed by atoms with Crippen molar-refractivity contribution in [3.8, 4) is 0 Å². The van der Waals surface area contributed by atoms with Crippen LogP contribution in [0.1, 0.15) is 30.1 Å². The lowest BCUT2D eigenvalue weighted by atomic mass is 10.0. The van der Waals surface area contributed by atoms with Gasteiger partial charge in [0.15, 0.2) is 0 Å². The predicted molar refractivity (Wildman–Crippen MR) is 94.9 cm³/mol. The Morgan fingerprint density at radius 1 is 1.38 bits per heavy atom. The largest absolute Gasteiger partial charge is 0.337 e. The lowest BCUT2D eigenvalue weighted by Gasteiger charge is -2.30. The number of carbonyl (C=O) groups is 1. The SMILES string of the molecule is CCn1c(=O)c(=O)[nH]c2cc(C(=O)N3CCCC(N)C3)ccc21.Cl. The first-order valence-electron chi connectivity index (χ1n) is 7.83. The fraction of sp³-hybridized carbons (Fsp3) is 0.438. The average molecular weight is 353 g/mol. The van der Waals surface area contributed by atoms with Gasteiger partial charge in [-0.05, 0) is 38.0 Å². The van der Waals surface area contributed by atoms with Gasteiger partial charge < -0.3 is 20.2 Å². The molecule has 1 atom stereocenters. The molecule has 24 heavy (non-hydrogen) atoms. The number of piperidine rings is 1. The maximum absolute atomic E-state index is 12.6. The molecule has 3 N–H and O–H groups in total. The van der Waals surface area contributed by atoms with Crippen molar-refractivity contribution < 1.29 is 4.79 Å². The van der Waals surface area contributed by atoms with E-state index in [1.54, 1.807) is 30.0 Å². The van der Waals surface area contributed by atoms with Crippen molar-refractivity contribution >= 4 is 29.3 Å². The Kier molecular flexibility index (Phi) is 5.46. The number of rotatable bonds is 2. The van der Waals surface area contributed by atoms with Crippen molar-refractivity contribution in [3.05, 3.63) is 44.5 Å². The van der Waals surface area contributed by atoms with Crippen LogP contribution in [0.5, 0.6) is 0 Å². The van der Waals surface area contributed by atoms with E-state index in [1.165, 1.54) is 4.57 Å². The van der Waals surface area contributed by atoms with E-state index in [0.29, 0.717) is 36.2 Å². The number of benzene rings is 1. The van der Waals surface area contributed by atoms with Gasteiger partial charge in [0.2, 0.25) is 0 Å². The van der Waals surface area contributed by atoms with Crippen LogP contribution < -0.4 is 16.9 Å². The van der Waals surface area contributed by atoms with Crippen molar-refractivity contribution in [3.63, 3.8) is 0 Å². The fourth-order valence-electron chi connectivity index (χ4n) is 3.10. The molecule has 1 fully saturated rings. The molecule has 1 aliphatic heterocycles. The Balaban J connectivity index is 0.00000208. The summed E-state index contributed by atoms with van der Waals surface area (Å²) in [7, 11) is 0. The van der Waals surface area contributed by atoms with Crippen LogP contribution in [0.4, 0.5) is 0 Å². The summed E-state index contributed by atoms with van der Waals surface area (Å²) in [5.74, 6) is -0.0999. The molecule has 1 aromatic heterocycles. The van der Waals surface area contributed by atoms with Gasteiger partial charge in [0.25, 0.3) is 5.91 Å². The number of aromatic nitrogens is 2. The molecule has 130 valence electrons. The first-order valence-corrected chi connectivity index (χ1v) is 7.83. The third kappa shape index (κ3) is 3.22. The Labute approximate surface area is 144 Å². The normalized spacial score (nSPS) is 17.6. The van der Waals surface area contributed by atoms with E-state index in [9.17, 15) is 14.4 Å². The highest BCUT2D eigenvalue weighted by molar-refractivity contribution is 5.97. The second kappa shape index (κ2) is 7.19. The van der Waals surface area contributed by atoms with E-state index in [2.05, 4.69) is 4.98 Å². The van der Waals surface area contributed by atoms with Crippen molar-refractivity contribution in [2.75, 3.05) is 13.1 Å². The van der Waals surface area contributed by atoms with Gasteiger partial charge in [-0.2, -0.15) is 0 Å². The highest BCUT2D eigenvalue weighted by atomic mass is 35.5. The third-order valence-electron chi connectivity index (χ3n) is 4.28. The van der Waals surface area contributed by atoms with Crippen LogP contribution in [-0.2, 0) is 6.54 Å². The Morgan fingerprint density at radius 2 is 2.12 bits per heavy atom. The van der Waals surface area contributed by atoms with Crippen LogP contribution in [0.25, 0.3) is 11.0 Å². The molecule has 0 radical (unpaired) electrons. The van der Waals surface area contributed by atoms with Gasteiger partial charge in [0.05, 0.1) is 11.0 Å². The van der Waals surface area contributed by atoms with Gasteiger partial charge in [-0.15, -0.1) is 12.4 Å². The predicted octanol–water partition coefficient (Wildman–Crippen LogP) is 0.695. The van der Waals surface area contributed by atoms with Crippen LogP contribution in [0.15, 0.2) is 27.8 Å². The molecule has 1 amide bonds. The number of nitrogens with two attached hydrogens (primary N) is 1.